The normalized spacial score (nSPS) is 15.0. The zero-order valence-electron chi connectivity index (χ0n) is 50.7. The van der Waals surface area contributed by atoms with Crippen LogP contribution < -0.4 is 10.2 Å². The molecule has 0 saturated heterocycles. The molecule has 0 rings (SSSR count). The number of phosphoric acid groups is 1. The van der Waals surface area contributed by atoms with Crippen molar-refractivity contribution in [1.29, 1.82) is 0 Å². The van der Waals surface area contributed by atoms with E-state index in [0.29, 0.717) is 17.4 Å². The maximum atomic E-state index is 13.0. The van der Waals surface area contributed by atoms with Gasteiger partial charge in [0.1, 0.15) is 13.2 Å². The minimum absolute atomic E-state index is 0.0243. The van der Waals surface area contributed by atoms with Gasteiger partial charge in [0.05, 0.1) is 39.9 Å². The first kappa shape index (κ1) is 74.9. The number of nitrogens with zero attached hydrogens (tertiary/aromatic N) is 1. The van der Waals surface area contributed by atoms with Gasteiger partial charge < -0.3 is 28.8 Å². The van der Waals surface area contributed by atoms with Crippen LogP contribution in [0.3, 0.4) is 0 Å². The standard InChI is InChI=1S/C70H115N2O6P/c1-6-8-10-12-14-16-18-20-22-24-26-27-28-29-30-31-32-33-34-35-36-37-38-39-40-41-42-43-44-45-46-48-50-52-54-56-58-60-62-64-70(74)71-68(67-78-79(75,76)77-66-65-72(3,4)5)69(73)63-61-59-57-55-53-51-49-47-25-23-21-19-17-15-13-11-9-7-2/h8,10,14,16,20,22,26-27,29-30,32-33,35-36,38-39,41-42,44-45,48,50,53-56,61,63,68-69,73H,6-7,9,11-13,15,17-19,21,23-25,28,31,34,37,40,43,46-47,49,51-52,57-60,62,64-67H2,1-5H3,(H-,71,74,75,76)/b10-8-,16-14-,22-20-,27-26-,30-29-,33-32-,36-35-,39-38-,42-41-,45-44-,50-48-,55-53+,56-54-,63-61+. The quantitative estimate of drug-likeness (QED) is 0.0272. The van der Waals surface area contributed by atoms with Crippen LogP contribution in [0.15, 0.2) is 170 Å². The lowest BCUT2D eigenvalue weighted by molar-refractivity contribution is -0.870. The smallest absolute Gasteiger partial charge is 0.268 e. The van der Waals surface area contributed by atoms with E-state index in [1.165, 1.54) is 77.0 Å². The van der Waals surface area contributed by atoms with Gasteiger partial charge in [-0.05, 0) is 122 Å². The van der Waals surface area contributed by atoms with Crippen molar-refractivity contribution in [2.24, 2.45) is 0 Å². The largest absolute Gasteiger partial charge is 0.756 e. The summed E-state index contributed by atoms with van der Waals surface area (Å²) >= 11 is 0. The number of rotatable bonds is 54. The highest BCUT2D eigenvalue weighted by molar-refractivity contribution is 7.45. The summed E-state index contributed by atoms with van der Waals surface area (Å²) in [7, 11) is 1.19. The summed E-state index contributed by atoms with van der Waals surface area (Å²) < 4.78 is 23.3. The van der Waals surface area contributed by atoms with Gasteiger partial charge in [-0.1, -0.05) is 255 Å². The molecule has 0 bridgehead atoms. The van der Waals surface area contributed by atoms with Gasteiger partial charge >= 0.3 is 0 Å². The van der Waals surface area contributed by atoms with Crippen molar-refractivity contribution in [3.63, 3.8) is 0 Å². The summed E-state index contributed by atoms with van der Waals surface area (Å²) in [6.45, 7) is 4.46. The number of hydrogen-bond acceptors (Lipinski definition) is 6. The Hall–Kier alpha value is -4.14. The Labute approximate surface area is 485 Å². The van der Waals surface area contributed by atoms with Gasteiger partial charge in [0.25, 0.3) is 7.82 Å². The summed E-state index contributed by atoms with van der Waals surface area (Å²) in [5, 5.41) is 13.8. The zero-order valence-corrected chi connectivity index (χ0v) is 51.6. The summed E-state index contributed by atoms with van der Waals surface area (Å²) in [4.78, 5) is 25.5. The van der Waals surface area contributed by atoms with Gasteiger partial charge in [-0.25, -0.2) is 0 Å². The van der Waals surface area contributed by atoms with Crippen LogP contribution in [0.25, 0.3) is 0 Å². The maximum absolute atomic E-state index is 13.0. The van der Waals surface area contributed by atoms with Crippen molar-refractivity contribution < 1.29 is 32.9 Å². The Balaban J connectivity index is 4.31. The molecule has 0 aliphatic carbocycles. The second-order valence-electron chi connectivity index (χ2n) is 21.3. The number of carbonyl (C=O) groups excluding carboxylic acids is 1. The van der Waals surface area contributed by atoms with E-state index in [0.717, 1.165) is 109 Å². The molecule has 3 unspecified atom stereocenters. The highest BCUT2D eigenvalue weighted by Gasteiger charge is 2.23. The molecule has 3 atom stereocenters. The minimum Gasteiger partial charge on any atom is -0.756 e. The molecule has 1 amide bonds. The fourth-order valence-electron chi connectivity index (χ4n) is 7.85. The van der Waals surface area contributed by atoms with Crippen molar-refractivity contribution in [2.45, 2.75) is 225 Å². The second kappa shape index (κ2) is 58.5. The van der Waals surface area contributed by atoms with E-state index in [4.69, 9.17) is 9.05 Å². The van der Waals surface area contributed by atoms with Crippen LogP contribution in [0.2, 0.25) is 0 Å². The fraction of sp³-hybridized carbons (Fsp3) is 0.586. The van der Waals surface area contributed by atoms with Crippen LogP contribution in [-0.4, -0.2) is 68.5 Å². The van der Waals surface area contributed by atoms with E-state index in [-0.39, 0.29) is 18.9 Å². The molecule has 0 aliphatic rings. The van der Waals surface area contributed by atoms with Crippen LogP contribution >= 0.6 is 7.82 Å². The number of aliphatic hydroxyl groups is 1. The maximum Gasteiger partial charge on any atom is 0.268 e. The number of quaternary nitrogens is 1. The monoisotopic (exact) mass is 1110 g/mol. The molecule has 79 heavy (non-hydrogen) atoms. The van der Waals surface area contributed by atoms with Crippen LogP contribution in [-0.2, 0) is 18.4 Å². The molecule has 446 valence electrons. The molecule has 0 aromatic rings. The van der Waals surface area contributed by atoms with Crippen LogP contribution in [0.1, 0.15) is 213 Å². The Bertz CT molecular complexity index is 1890. The van der Waals surface area contributed by atoms with Gasteiger partial charge in [0, 0.05) is 6.42 Å². The molecule has 0 aromatic heterocycles. The van der Waals surface area contributed by atoms with E-state index < -0.39 is 26.6 Å². The highest BCUT2D eigenvalue weighted by atomic mass is 31.2. The average molecular weight is 1110 g/mol. The Morgan fingerprint density at radius 3 is 1.18 bits per heavy atom. The topological polar surface area (TPSA) is 108 Å². The molecule has 0 fully saturated rings. The Morgan fingerprint density at radius 2 is 0.785 bits per heavy atom. The van der Waals surface area contributed by atoms with Crippen molar-refractivity contribution in [3.8, 4) is 0 Å². The van der Waals surface area contributed by atoms with Gasteiger partial charge in [-0.2, -0.15) is 0 Å². The number of likely N-dealkylation sites (N-methyl/N-ethyl adjacent to an activating group) is 1. The van der Waals surface area contributed by atoms with Crippen molar-refractivity contribution in [3.05, 3.63) is 170 Å². The van der Waals surface area contributed by atoms with Crippen LogP contribution in [0.4, 0.5) is 0 Å². The third kappa shape index (κ3) is 61.3. The number of nitrogens with one attached hydrogen (secondary N) is 1. The fourth-order valence-corrected chi connectivity index (χ4v) is 8.58. The Kier molecular flexibility index (Phi) is 55.4. The van der Waals surface area contributed by atoms with Gasteiger partial charge in [-0.15, -0.1) is 0 Å². The predicted octanol–water partition coefficient (Wildman–Crippen LogP) is 19.0. The van der Waals surface area contributed by atoms with Crippen molar-refractivity contribution in [2.75, 3.05) is 40.9 Å². The lowest BCUT2D eigenvalue weighted by Crippen LogP contribution is -2.45. The Morgan fingerprint density at radius 1 is 0.456 bits per heavy atom. The average Bonchev–Trinajstić information content (AvgIpc) is 3.42. The summed E-state index contributed by atoms with van der Waals surface area (Å²) in [6, 6.07) is -0.940. The third-order valence-corrected chi connectivity index (χ3v) is 13.6. The third-order valence-electron chi connectivity index (χ3n) is 12.7. The minimum atomic E-state index is -4.63. The SMILES string of the molecule is CC/C=C\C/C=C\C/C=C\C/C=C\C/C=C\C/C=C\C/C=C\C/C=C\C/C=C\C/C=C\C/C=C\C/C=C\CCCCC(=O)NC(COP(=O)([O-])OCC[N+](C)(C)C)C(O)/C=C/CC/C=C/CCCCCCCCCCCCCC. The van der Waals surface area contributed by atoms with E-state index in [2.05, 4.69) is 177 Å². The number of allylic oxidation sites excluding steroid dienone is 27. The van der Waals surface area contributed by atoms with Crippen LogP contribution in [0.5, 0.6) is 0 Å². The molecule has 0 spiro atoms. The molecule has 8 nitrogen and oxygen atoms in total. The van der Waals surface area contributed by atoms with Gasteiger partial charge in [0.15, 0.2) is 0 Å². The molecule has 0 heterocycles. The second-order valence-corrected chi connectivity index (χ2v) is 22.7. The molecular formula is C70H115N2O6P. The van der Waals surface area contributed by atoms with E-state index in [1.54, 1.807) is 6.08 Å². The summed E-state index contributed by atoms with van der Waals surface area (Å²) in [5.74, 6) is -0.256. The van der Waals surface area contributed by atoms with Gasteiger partial charge in [0.2, 0.25) is 5.91 Å². The highest BCUT2D eigenvalue weighted by Crippen LogP contribution is 2.38. The summed E-state index contributed by atoms with van der Waals surface area (Å²) in [5.41, 5.74) is 0. The molecule has 0 aromatic carbocycles. The molecule has 9 heteroatoms. The lowest BCUT2D eigenvalue weighted by atomic mass is 10.0. The molecule has 0 saturated carbocycles. The predicted molar refractivity (Wildman–Crippen MR) is 343 cm³/mol. The number of amides is 1. The number of carbonyl (C=O) groups is 1. The lowest BCUT2D eigenvalue weighted by Gasteiger charge is -2.29. The van der Waals surface area contributed by atoms with E-state index >= 15 is 0 Å². The molecule has 0 radical (unpaired) electrons. The first-order valence-corrected chi connectivity index (χ1v) is 32.5. The van der Waals surface area contributed by atoms with Gasteiger partial charge in [-0.3, -0.25) is 9.36 Å². The van der Waals surface area contributed by atoms with E-state index in [1.807, 2.05) is 27.2 Å². The number of unbranched alkanes of at least 4 members (excludes halogenated alkanes) is 15. The first-order valence-electron chi connectivity index (χ1n) is 31.0. The zero-order chi connectivity index (χ0) is 57.7. The molecular weight excluding hydrogens is 996 g/mol. The van der Waals surface area contributed by atoms with Crippen molar-refractivity contribution in [1.82, 2.24) is 5.32 Å². The van der Waals surface area contributed by atoms with Crippen molar-refractivity contribution >= 4 is 13.7 Å². The molecule has 2 N–H and O–H groups in total. The number of aliphatic hydroxyl groups excluding tert-OH is 1. The number of phosphoric ester groups is 1. The number of hydrogen-bond donors (Lipinski definition) is 2. The first-order chi connectivity index (χ1) is 38.5. The summed E-state index contributed by atoms with van der Waals surface area (Å²) in [6.07, 6.45) is 93.1. The van der Waals surface area contributed by atoms with E-state index in [9.17, 15) is 19.4 Å². The van der Waals surface area contributed by atoms with Crippen LogP contribution in [0, 0.1) is 0 Å². The molecule has 0 aliphatic heterocycles.